The molecule has 5 nitrogen and oxygen atoms in total. The topological polar surface area (TPSA) is 51.2 Å². The predicted octanol–water partition coefficient (Wildman–Crippen LogP) is 3.75. The summed E-state index contributed by atoms with van der Waals surface area (Å²) in [5.41, 5.74) is 3.79. The number of nitrogens with zero attached hydrogens (tertiary/aromatic N) is 1. The fourth-order valence-electron chi connectivity index (χ4n) is 3.50. The number of hydrogen-bond acceptors (Lipinski definition) is 5. The monoisotopic (exact) mass is 357 g/mol. The highest BCUT2D eigenvalue weighted by atomic mass is 16.5. The van der Waals surface area contributed by atoms with E-state index in [0.717, 1.165) is 37.4 Å². The molecule has 140 valence electrons. The molecule has 1 N–H and O–H groups in total. The molecule has 3 rings (SSSR count). The Morgan fingerprint density at radius 1 is 0.923 bits per heavy atom. The van der Waals surface area contributed by atoms with E-state index in [0.29, 0.717) is 11.8 Å². The van der Waals surface area contributed by atoms with Crippen molar-refractivity contribution in [2.75, 3.05) is 21.3 Å². The molecule has 26 heavy (non-hydrogen) atoms. The molecule has 2 aromatic carbocycles. The van der Waals surface area contributed by atoms with Crippen molar-refractivity contribution in [2.45, 2.75) is 38.9 Å². The summed E-state index contributed by atoms with van der Waals surface area (Å²) in [6, 6.07) is 10.2. The second kappa shape index (κ2) is 7.87. The van der Waals surface area contributed by atoms with E-state index in [4.69, 9.17) is 14.2 Å². The number of aryl methyl sites for hydroxylation is 1. The van der Waals surface area contributed by atoms with Gasteiger partial charge in [-0.05, 0) is 60.7 Å². The first kappa shape index (κ1) is 18.4. The Bertz CT molecular complexity index is 742. The van der Waals surface area contributed by atoms with Gasteiger partial charge in [0, 0.05) is 19.1 Å². The molecular formula is C21H27NO4. The minimum absolute atomic E-state index is 0.183. The normalized spacial score (nSPS) is 14.8. The zero-order valence-electron chi connectivity index (χ0n) is 15.9. The molecule has 1 heterocycles. The van der Waals surface area contributed by atoms with E-state index in [2.05, 4.69) is 24.0 Å². The molecule has 0 saturated carbocycles. The van der Waals surface area contributed by atoms with Gasteiger partial charge in [-0.25, -0.2) is 0 Å². The third-order valence-corrected chi connectivity index (χ3v) is 5.17. The summed E-state index contributed by atoms with van der Waals surface area (Å²) in [6.45, 7) is 4.11. The Morgan fingerprint density at radius 2 is 1.50 bits per heavy atom. The standard InChI is InChI=1S/C21H27NO4/c1-14(5-6-15-7-8-18(23)19(9-15)24-2)22-12-16-10-20(25-3)21(26-4)11-17(16)13-22/h7-11,14,23H,5-6,12-13H2,1-4H3. The van der Waals surface area contributed by atoms with E-state index >= 15 is 0 Å². The summed E-state index contributed by atoms with van der Waals surface area (Å²) in [5, 5.41) is 9.72. The van der Waals surface area contributed by atoms with Crippen LogP contribution in [-0.2, 0) is 19.5 Å². The summed E-state index contributed by atoms with van der Waals surface area (Å²) in [7, 11) is 4.92. The highest BCUT2D eigenvalue weighted by Crippen LogP contribution is 2.36. The van der Waals surface area contributed by atoms with Gasteiger partial charge in [-0.1, -0.05) is 6.07 Å². The van der Waals surface area contributed by atoms with Crippen LogP contribution in [-0.4, -0.2) is 37.4 Å². The van der Waals surface area contributed by atoms with Crippen molar-refractivity contribution in [3.8, 4) is 23.0 Å². The molecule has 0 amide bonds. The fraction of sp³-hybridized carbons (Fsp3) is 0.429. The summed E-state index contributed by atoms with van der Waals surface area (Å²) in [5.74, 6) is 2.29. The van der Waals surface area contributed by atoms with Gasteiger partial charge in [0.05, 0.1) is 21.3 Å². The van der Waals surface area contributed by atoms with E-state index in [-0.39, 0.29) is 5.75 Å². The van der Waals surface area contributed by atoms with Crippen molar-refractivity contribution in [3.05, 3.63) is 47.0 Å². The van der Waals surface area contributed by atoms with Crippen LogP contribution in [0.4, 0.5) is 0 Å². The van der Waals surface area contributed by atoms with Crippen molar-refractivity contribution < 1.29 is 19.3 Å². The highest BCUT2D eigenvalue weighted by molar-refractivity contribution is 5.48. The molecule has 0 saturated heterocycles. The smallest absolute Gasteiger partial charge is 0.161 e. The first-order valence-corrected chi connectivity index (χ1v) is 8.89. The Kier molecular flexibility index (Phi) is 5.57. The van der Waals surface area contributed by atoms with Gasteiger partial charge in [0.2, 0.25) is 0 Å². The van der Waals surface area contributed by atoms with Crippen LogP contribution in [0.3, 0.4) is 0 Å². The van der Waals surface area contributed by atoms with Gasteiger partial charge in [0.25, 0.3) is 0 Å². The number of ether oxygens (including phenoxy) is 3. The van der Waals surface area contributed by atoms with E-state index < -0.39 is 0 Å². The zero-order chi connectivity index (χ0) is 18.7. The van der Waals surface area contributed by atoms with Crippen molar-refractivity contribution in [1.29, 1.82) is 0 Å². The number of rotatable bonds is 7. The summed E-state index contributed by atoms with van der Waals surface area (Å²) >= 11 is 0. The molecule has 1 atom stereocenters. The lowest BCUT2D eigenvalue weighted by atomic mass is 10.0. The van der Waals surface area contributed by atoms with E-state index in [1.165, 1.54) is 16.7 Å². The van der Waals surface area contributed by atoms with E-state index in [1.807, 2.05) is 12.1 Å². The van der Waals surface area contributed by atoms with Crippen molar-refractivity contribution >= 4 is 0 Å². The van der Waals surface area contributed by atoms with Gasteiger partial charge in [0.1, 0.15) is 0 Å². The molecule has 0 spiro atoms. The van der Waals surface area contributed by atoms with E-state index in [1.54, 1.807) is 27.4 Å². The Labute approximate surface area is 155 Å². The third kappa shape index (κ3) is 3.73. The number of fused-ring (bicyclic) bond motifs is 1. The number of phenols is 1. The molecule has 0 fully saturated rings. The molecule has 1 aliphatic rings. The molecule has 0 bridgehead atoms. The fourth-order valence-corrected chi connectivity index (χ4v) is 3.50. The van der Waals surface area contributed by atoms with Gasteiger partial charge >= 0.3 is 0 Å². The van der Waals surface area contributed by atoms with Crippen LogP contribution in [0.2, 0.25) is 0 Å². The number of aromatic hydroxyl groups is 1. The molecule has 5 heteroatoms. The minimum Gasteiger partial charge on any atom is -0.504 e. The number of phenolic OH excluding ortho intramolecular Hbond substituents is 1. The minimum atomic E-state index is 0.183. The molecular weight excluding hydrogens is 330 g/mol. The van der Waals surface area contributed by atoms with Crippen molar-refractivity contribution in [3.63, 3.8) is 0 Å². The lowest BCUT2D eigenvalue weighted by Crippen LogP contribution is -2.28. The van der Waals surface area contributed by atoms with Crippen LogP contribution in [0.5, 0.6) is 23.0 Å². The van der Waals surface area contributed by atoms with Crippen LogP contribution in [0.1, 0.15) is 30.0 Å². The lowest BCUT2D eigenvalue weighted by molar-refractivity contribution is 0.203. The molecule has 0 radical (unpaired) electrons. The van der Waals surface area contributed by atoms with Crippen LogP contribution < -0.4 is 14.2 Å². The molecule has 1 aliphatic heterocycles. The van der Waals surface area contributed by atoms with Gasteiger partial charge in [-0.3, -0.25) is 4.90 Å². The molecule has 2 aromatic rings. The maximum atomic E-state index is 9.72. The largest absolute Gasteiger partial charge is 0.504 e. The van der Waals surface area contributed by atoms with Crippen LogP contribution in [0.15, 0.2) is 30.3 Å². The van der Waals surface area contributed by atoms with E-state index in [9.17, 15) is 5.11 Å². The lowest BCUT2D eigenvalue weighted by Gasteiger charge is -2.23. The van der Waals surface area contributed by atoms with Crippen molar-refractivity contribution in [2.24, 2.45) is 0 Å². The van der Waals surface area contributed by atoms with Crippen LogP contribution in [0.25, 0.3) is 0 Å². The quantitative estimate of drug-likeness (QED) is 0.818. The maximum absolute atomic E-state index is 9.72. The SMILES string of the molecule is COc1cc(CCC(C)N2Cc3cc(OC)c(OC)cc3C2)ccc1O. The Hall–Kier alpha value is -2.40. The Balaban J connectivity index is 1.63. The molecule has 0 aromatic heterocycles. The third-order valence-electron chi connectivity index (χ3n) is 5.17. The summed E-state index contributed by atoms with van der Waals surface area (Å²) < 4.78 is 16.0. The first-order valence-electron chi connectivity index (χ1n) is 8.89. The average Bonchev–Trinajstić information content (AvgIpc) is 3.08. The van der Waals surface area contributed by atoms with Crippen LogP contribution in [0, 0.1) is 0 Å². The second-order valence-electron chi connectivity index (χ2n) is 6.77. The van der Waals surface area contributed by atoms with Crippen molar-refractivity contribution in [1.82, 2.24) is 4.90 Å². The predicted molar refractivity (Wildman–Crippen MR) is 101 cm³/mol. The summed E-state index contributed by atoms with van der Waals surface area (Å²) in [4.78, 5) is 2.47. The molecule has 0 aliphatic carbocycles. The Morgan fingerprint density at radius 3 is 2.04 bits per heavy atom. The first-order chi connectivity index (χ1) is 12.5. The number of hydrogen-bond donors (Lipinski definition) is 1. The number of methoxy groups -OCH3 is 3. The van der Waals surface area contributed by atoms with Gasteiger partial charge < -0.3 is 19.3 Å². The second-order valence-corrected chi connectivity index (χ2v) is 6.77. The summed E-state index contributed by atoms with van der Waals surface area (Å²) in [6.07, 6.45) is 1.98. The van der Waals surface area contributed by atoms with Crippen LogP contribution >= 0.6 is 0 Å². The maximum Gasteiger partial charge on any atom is 0.161 e. The zero-order valence-corrected chi connectivity index (χ0v) is 15.9. The number of benzene rings is 2. The average molecular weight is 357 g/mol. The highest BCUT2D eigenvalue weighted by Gasteiger charge is 2.25. The van der Waals surface area contributed by atoms with Gasteiger partial charge in [-0.2, -0.15) is 0 Å². The molecule has 1 unspecified atom stereocenters. The van der Waals surface area contributed by atoms with Gasteiger partial charge in [0.15, 0.2) is 23.0 Å². The van der Waals surface area contributed by atoms with Gasteiger partial charge in [-0.15, -0.1) is 0 Å².